The predicted molar refractivity (Wildman–Crippen MR) is 66.9 cm³/mol. The van der Waals surface area contributed by atoms with Crippen LogP contribution in [0.2, 0.25) is 0 Å². The maximum atomic E-state index is 11.6. The Morgan fingerprint density at radius 1 is 1.56 bits per heavy atom. The monoisotopic (exact) mass is 328 g/mol. The zero-order valence-electron chi connectivity index (χ0n) is 8.35. The van der Waals surface area contributed by atoms with Crippen LogP contribution >= 0.6 is 22.6 Å². The summed E-state index contributed by atoms with van der Waals surface area (Å²) in [5.74, 6) is -0.0740. The molecule has 0 aromatic heterocycles. The van der Waals surface area contributed by atoms with Gasteiger partial charge in [-0.15, -0.1) is 0 Å². The van der Waals surface area contributed by atoms with Crippen LogP contribution in [0.25, 0.3) is 0 Å². The molecule has 5 heteroatoms. The zero-order chi connectivity index (χ0) is 11.7. The molecule has 4 nitrogen and oxygen atoms in total. The van der Waals surface area contributed by atoms with Gasteiger partial charge >= 0.3 is 0 Å². The zero-order valence-corrected chi connectivity index (χ0v) is 10.5. The smallest absolute Gasteiger partial charge is 0.229 e. The highest BCUT2D eigenvalue weighted by Crippen LogP contribution is 2.27. The van der Waals surface area contributed by atoms with Crippen molar-refractivity contribution in [3.8, 4) is 6.07 Å². The Balaban J connectivity index is 2.35. The van der Waals surface area contributed by atoms with Crippen molar-refractivity contribution in [1.29, 1.82) is 5.26 Å². The second-order valence-electron chi connectivity index (χ2n) is 3.64. The van der Waals surface area contributed by atoms with Gasteiger partial charge in [-0.25, -0.2) is 0 Å². The first-order chi connectivity index (χ1) is 7.61. The van der Waals surface area contributed by atoms with E-state index in [1.807, 2.05) is 6.07 Å². The number of hydrogen-bond donors (Lipinski definition) is 1. The van der Waals surface area contributed by atoms with E-state index in [2.05, 4.69) is 22.6 Å². The molecule has 82 valence electrons. The first-order valence-corrected chi connectivity index (χ1v) is 5.88. The average Bonchev–Trinajstić information content (AvgIpc) is 2.57. The fourth-order valence-electron chi connectivity index (χ4n) is 1.72. The van der Waals surface area contributed by atoms with Crippen LogP contribution in [0, 0.1) is 14.9 Å². The lowest BCUT2D eigenvalue weighted by Crippen LogP contribution is -2.26. The fraction of sp³-hybridized carbons (Fsp3) is 0.273. The lowest BCUT2D eigenvalue weighted by molar-refractivity contribution is -0.117. The molecule has 0 bridgehead atoms. The molecule has 1 atom stereocenters. The Bertz CT molecular complexity index is 481. The number of halogens is 1. The van der Waals surface area contributed by atoms with Crippen molar-refractivity contribution in [3.05, 3.63) is 27.3 Å². The van der Waals surface area contributed by atoms with Gasteiger partial charge in [0.1, 0.15) is 0 Å². The maximum absolute atomic E-state index is 11.6. The third-order valence-corrected chi connectivity index (χ3v) is 3.34. The lowest BCUT2D eigenvalue weighted by atomic mass is 10.2. The van der Waals surface area contributed by atoms with Crippen molar-refractivity contribution < 1.29 is 9.90 Å². The minimum absolute atomic E-state index is 0.0740. The summed E-state index contributed by atoms with van der Waals surface area (Å²) in [7, 11) is 0. The summed E-state index contributed by atoms with van der Waals surface area (Å²) in [5.41, 5.74) is 1.33. The Labute approximate surface area is 107 Å². The molecule has 0 radical (unpaired) electrons. The van der Waals surface area contributed by atoms with E-state index in [-0.39, 0.29) is 12.3 Å². The molecule has 0 saturated carbocycles. The molecule has 1 heterocycles. The highest BCUT2D eigenvalue weighted by atomic mass is 127. The van der Waals surface area contributed by atoms with Crippen molar-refractivity contribution in [3.63, 3.8) is 0 Å². The molecular formula is C11H9IN2O2. The number of aliphatic hydroxyl groups excluding tert-OH is 1. The summed E-state index contributed by atoms with van der Waals surface area (Å²) in [6.45, 7) is 0.334. The van der Waals surface area contributed by atoms with Crippen LogP contribution in [0.4, 0.5) is 5.69 Å². The number of benzene rings is 1. The number of aliphatic hydroxyl groups is 1. The van der Waals surface area contributed by atoms with Gasteiger partial charge in [0.05, 0.1) is 36.4 Å². The Hall–Kier alpha value is -1.13. The van der Waals surface area contributed by atoms with Gasteiger partial charge in [-0.1, -0.05) is 0 Å². The number of carbonyl (C=O) groups excluding carboxylic acids is 1. The molecule has 1 aliphatic heterocycles. The summed E-state index contributed by atoms with van der Waals surface area (Å²) in [4.78, 5) is 13.2. The van der Waals surface area contributed by atoms with Gasteiger partial charge in [0.2, 0.25) is 5.91 Å². The van der Waals surface area contributed by atoms with E-state index in [0.717, 1.165) is 9.26 Å². The maximum Gasteiger partial charge on any atom is 0.229 e. The number of β-amino-alcohol motifs (C(OH)–C–C–N with tert-alkyl or cyclic N) is 1. The summed E-state index contributed by atoms with van der Waals surface area (Å²) in [6.07, 6.45) is -0.408. The van der Waals surface area contributed by atoms with Crippen LogP contribution in [-0.2, 0) is 4.79 Å². The van der Waals surface area contributed by atoms with Crippen molar-refractivity contribution in [2.24, 2.45) is 0 Å². The number of rotatable bonds is 1. The second kappa shape index (κ2) is 4.39. The summed E-state index contributed by atoms with van der Waals surface area (Å²) < 4.78 is 0.846. The SMILES string of the molecule is N#Cc1ccc(N2CC(O)CC2=O)c(I)c1. The molecule has 1 unspecified atom stereocenters. The number of amides is 1. The van der Waals surface area contributed by atoms with E-state index in [4.69, 9.17) is 5.26 Å². The fourth-order valence-corrected chi connectivity index (χ4v) is 2.52. The van der Waals surface area contributed by atoms with Crippen molar-refractivity contribution in [2.75, 3.05) is 11.4 Å². The Morgan fingerprint density at radius 2 is 2.31 bits per heavy atom. The van der Waals surface area contributed by atoms with E-state index in [1.54, 1.807) is 23.1 Å². The van der Waals surface area contributed by atoms with E-state index in [1.165, 1.54) is 0 Å². The van der Waals surface area contributed by atoms with E-state index in [0.29, 0.717) is 12.1 Å². The predicted octanol–water partition coefficient (Wildman–Crippen LogP) is 1.26. The number of anilines is 1. The van der Waals surface area contributed by atoms with Gasteiger partial charge in [0.25, 0.3) is 0 Å². The van der Waals surface area contributed by atoms with Gasteiger partial charge in [-0.2, -0.15) is 5.26 Å². The van der Waals surface area contributed by atoms with Crippen LogP contribution in [0.5, 0.6) is 0 Å². The highest BCUT2D eigenvalue weighted by Gasteiger charge is 2.30. The Kier molecular flexibility index (Phi) is 3.12. The molecule has 1 aliphatic rings. The lowest BCUT2D eigenvalue weighted by Gasteiger charge is -2.17. The van der Waals surface area contributed by atoms with Gasteiger partial charge < -0.3 is 10.0 Å². The first kappa shape index (κ1) is 11.4. The minimum atomic E-state index is -0.584. The number of carbonyl (C=O) groups is 1. The topological polar surface area (TPSA) is 64.3 Å². The molecule has 1 aromatic rings. The summed E-state index contributed by atoms with van der Waals surface area (Å²) in [5, 5.41) is 18.1. The Morgan fingerprint density at radius 3 is 2.81 bits per heavy atom. The third-order valence-electron chi connectivity index (χ3n) is 2.47. The van der Waals surface area contributed by atoms with E-state index >= 15 is 0 Å². The van der Waals surface area contributed by atoms with Crippen molar-refractivity contribution in [2.45, 2.75) is 12.5 Å². The largest absolute Gasteiger partial charge is 0.391 e. The van der Waals surface area contributed by atoms with Gasteiger partial charge in [0, 0.05) is 3.57 Å². The molecule has 1 amide bonds. The number of nitriles is 1. The molecule has 1 N–H and O–H groups in total. The molecule has 1 saturated heterocycles. The molecule has 0 spiro atoms. The summed E-state index contributed by atoms with van der Waals surface area (Å²) in [6, 6.07) is 7.20. The van der Waals surface area contributed by atoms with Crippen LogP contribution in [-0.4, -0.2) is 23.7 Å². The second-order valence-corrected chi connectivity index (χ2v) is 4.80. The number of nitrogens with zero attached hydrogens (tertiary/aromatic N) is 2. The molecule has 16 heavy (non-hydrogen) atoms. The average molecular weight is 328 g/mol. The van der Waals surface area contributed by atoms with Crippen LogP contribution in [0.1, 0.15) is 12.0 Å². The van der Waals surface area contributed by atoms with E-state index in [9.17, 15) is 9.90 Å². The molecule has 1 aromatic carbocycles. The van der Waals surface area contributed by atoms with Gasteiger partial charge in [0.15, 0.2) is 0 Å². The normalized spacial score (nSPS) is 19.9. The molecule has 2 rings (SSSR count). The van der Waals surface area contributed by atoms with Crippen molar-refractivity contribution >= 4 is 34.2 Å². The quantitative estimate of drug-likeness (QED) is 0.790. The third kappa shape index (κ3) is 2.03. The molecule has 1 fully saturated rings. The summed E-state index contributed by atoms with van der Waals surface area (Å²) >= 11 is 2.09. The van der Waals surface area contributed by atoms with Crippen LogP contribution in [0.15, 0.2) is 18.2 Å². The number of hydrogen-bond acceptors (Lipinski definition) is 3. The standard InChI is InChI=1S/C11H9IN2O2/c12-9-3-7(5-13)1-2-10(9)14-6-8(15)4-11(14)16/h1-3,8,15H,4,6H2. The highest BCUT2D eigenvalue weighted by molar-refractivity contribution is 14.1. The van der Waals surface area contributed by atoms with Crippen molar-refractivity contribution in [1.82, 2.24) is 0 Å². The van der Waals surface area contributed by atoms with E-state index < -0.39 is 6.10 Å². The first-order valence-electron chi connectivity index (χ1n) is 4.80. The molecule has 0 aliphatic carbocycles. The van der Waals surface area contributed by atoms with Crippen LogP contribution < -0.4 is 4.90 Å². The van der Waals surface area contributed by atoms with Gasteiger partial charge in [-0.05, 0) is 40.8 Å². The minimum Gasteiger partial charge on any atom is -0.391 e. The molecular weight excluding hydrogens is 319 g/mol. The van der Waals surface area contributed by atoms with Gasteiger partial charge in [-0.3, -0.25) is 4.79 Å². The van der Waals surface area contributed by atoms with Crippen LogP contribution in [0.3, 0.4) is 0 Å².